The summed E-state index contributed by atoms with van der Waals surface area (Å²) in [6, 6.07) is 5.80. The van der Waals surface area contributed by atoms with Gasteiger partial charge < -0.3 is 10.0 Å². The van der Waals surface area contributed by atoms with Crippen LogP contribution in [-0.2, 0) is 0 Å². The average molecular weight is 252 g/mol. The quantitative estimate of drug-likeness (QED) is 0.831. The molecule has 0 aromatic heterocycles. The van der Waals surface area contributed by atoms with Gasteiger partial charge in [0.05, 0.1) is 0 Å². The fourth-order valence-corrected chi connectivity index (χ4v) is 2.20. The molecule has 0 saturated heterocycles. The molecule has 0 unspecified atom stereocenters. The first-order valence-corrected chi connectivity index (χ1v) is 5.89. The van der Waals surface area contributed by atoms with Crippen molar-refractivity contribution in [2.45, 2.75) is 13.3 Å². The highest BCUT2D eigenvalue weighted by molar-refractivity contribution is 6.30. The van der Waals surface area contributed by atoms with E-state index in [2.05, 4.69) is 0 Å². The van der Waals surface area contributed by atoms with Crippen LogP contribution in [0.3, 0.4) is 0 Å². The van der Waals surface area contributed by atoms with Crippen LogP contribution in [0.2, 0.25) is 5.02 Å². The second-order valence-electron chi connectivity index (χ2n) is 4.17. The normalized spacial score (nSPS) is 15.6. The van der Waals surface area contributed by atoms with E-state index < -0.39 is 6.09 Å². The number of hydrogen-bond donors (Lipinski definition) is 1. The van der Waals surface area contributed by atoms with Crippen LogP contribution in [0, 0.1) is 6.92 Å². The Morgan fingerprint density at radius 1 is 1.47 bits per heavy atom. The highest BCUT2D eigenvalue weighted by atomic mass is 35.5. The summed E-state index contributed by atoms with van der Waals surface area (Å²) in [5.74, 6) is 0. The van der Waals surface area contributed by atoms with Crippen molar-refractivity contribution in [3.05, 3.63) is 40.4 Å². The molecular formula is C13H14ClNO2. The lowest BCUT2D eigenvalue weighted by Crippen LogP contribution is -2.33. The molecule has 0 saturated carbocycles. The highest BCUT2D eigenvalue weighted by Crippen LogP contribution is 2.27. The van der Waals surface area contributed by atoms with Crippen molar-refractivity contribution in [1.82, 2.24) is 4.90 Å². The molecule has 0 fully saturated rings. The molecule has 0 aliphatic carbocycles. The number of nitrogens with zero attached hydrogens (tertiary/aromatic N) is 1. The number of carbonyl (C=O) groups is 1. The number of benzene rings is 1. The van der Waals surface area contributed by atoms with Crippen molar-refractivity contribution >= 4 is 23.3 Å². The van der Waals surface area contributed by atoms with Gasteiger partial charge in [-0.2, -0.15) is 0 Å². The van der Waals surface area contributed by atoms with Gasteiger partial charge in [0, 0.05) is 18.1 Å². The predicted molar refractivity (Wildman–Crippen MR) is 68.4 cm³/mol. The van der Waals surface area contributed by atoms with E-state index in [0.29, 0.717) is 18.1 Å². The molecule has 0 spiro atoms. The van der Waals surface area contributed by atoms with Crippen molar-refractivity contribution in [1.29, 1.82) is 0 Å². The summed E-state index contributed by atoms with van der Waals surface area (Å²) in [6.45, 7) is 3.04. The van der Waals surface area contributed by atoms with Gasteiger partial charge in [-0.3, -0.25) is 0 Å². The van der Waals surface area contributed by atoms with Gasteiger partial charge in [-0.05, 0) is 42.2 Å². The van der Waals surface area contributed by atoms with E-state index in [9.17, 15) is 4.79 Å². The van der Waals surface area contributed by atoms with E-state index in [1.54, 1.807) is 0 Å². The molecule has 90 valence electrons. The Bertz CT molecular complexity index is 482. The van der Waals surface area contributed by atoms with Crippen LogP contribution in [0.1, 0.15) is 17.5 Å². The fraction of sp³-hybridized carbons (Fsp3) is 0.308. The molecule has 17 heavy (non-hydrogen) atoms. The Hall–Kier alpha value is -1.48. The number of halogens is 1. The maximum atomic E-state index is 10.8. The third-order valence-corrected chi connectivity index (χ3v) is 3.26. The molecule has 0 radical (unpaired) electrons. The fourth-order valence-electron chi connectivity index (χ4n) is 2.03. The maximum Gasteiger partial charge on any atom is 0.407 e. The molecule has 2 rings (SSSR count). The Balaban J connectivity index is 2.24. The van der Waals surface area contributed by atoms with E-state index >= 15 is 0 Å². The van der Waals surface area contributed by atoms with Gasteiger partial charge in [-0.25, -0.2) is 4.79 Å². The molecule has 1 amide bonds. The van der Waals surface area contributed by atoms with Gasteiger partial charge in [0.25, 0.3) is 0 Å². The van der Waals surface area contributed by atoms with Gasteiger partial charge in [0.2, 0.25) is 0 Å². The molecule has 1 aromatic carbocycles. The number of rotatable bonds is 1. The van der Waals surface area contributed by atoms with Gasteiger partial charge in [-0.1, -0.05) is 23.7 Å². The number of aryl methyl sites for hydroxylation is 1. The summed E-state index contributed by atoms with van der Waals surface area (Å²) >= 11 is 5.98. The average Bonchev–Trinajstić information content (AvgIpc) is 2.32. The van der Waals surface area contributed by atoms with E-state index in [1.807, 2.05) is 31.2 Å². The van der Waals surface area contributed by atoms with E-state index in [0.717, 1.165) is 12.0 Å². The molecule has 1 aromatic rings. The Kier molecular flexibility index (Phi) is 3.38. The van der Waals surface area contributed by atoms with Crippen LogP contribution in [0.15, 0.2) is 24.3 Å². The minimum atomic E-state index is -0.858. The highest BCUT2D eigenvalue weighted by Gasteiger charge is 2.17. The molecule has 0 atom stereocenters. The van der Waals surface area contributed by atoms with Crippen molar-refractivity contribution in [3.63, 3.8) is 0 Å². The largest absolute Gasteiger partial charge is 0.465 e. The molecule has 0 bridgehead atoms. The summed E-state index contributed by atoms with van der Waals surface area (Å²) in [4.78, 5) is 12.2. The van der Waals surface area contributed by atoms with Gasteiger partial charge in [0.1, 0.15) is 0 Å². The zero-order valence-corrected chi connectivity index (χ0v) is 10.4. The lowest BCUT2D eigenvalue weighted by Gasteiger charge is -2.24. The summed E-state index contributed by atoms with van der Waals surface area (Å²) in [5.41, 5.74) is 3.48. The Labute approximate surface area is 105 Å². The van der Waals surface area contributed by atoms with E-state index in [4.69, 9.17) is 16.7 Å². The van der Waals surface area contributed by atoms with Crippen LogP contribution >= 0.6 is 11.6 Å². The van der Waals surface area contributed by atoms with Gasteiger partial charge in [0.15, 0.2) is 0 Å². The van der Waals surface area contributed by atoms with Crippen molar-refractivity contribution in [2.75, 3.05) is 13.1 Å². The summed E-state index contributed by atoms with van der Waals surface area (Å²) < 4.78 is 0. The molecule has 1 aliphatic heterocycles. The first-order chi connectivity index (χ1) is 8.08. The third kappa shape index (κ3) is 2.61. The summed E-state index contributed by atoms with van der Waals surface area (Å²) in [5, 5.41) is 9.58. The molecule has 3 nitrogen and oxygen atoms in total. The topological polar surface area (TPSA) is 40.5 Å². The molecule has 1 aliphatic rings. The maximum absolute atomic E-state index is 10.8. The lowest BCUT2D eigenvalue weighted by molar-refractivity contribution is 0.150. The zero-order chi connectivity index (χ0) is 12.4. The molecular weight excluding hydrogens is 238 g/mol. The SMILES string of the molecule is Cc1ccc(Cl)cc1C1=CCN(C(=O)O)CC1. The van der Waals surface area contributed by atoms with Crippen LogP contribution in [0.4, 0.5) is 4.79 Å². The predicted octanol–water partition coefficient (Wildman–Crippen LogP) is 3.42. The van der Waals surface area contributed by atoms with E-state index in [1.165, 1.54) is 16.0 Å². The van der Waals surface area contributed by atoms with Crippen molar-refractivity contribution in [2.24, 2.45) is 0 Å². The minimum absolute atomic E-state index is 0.455. The molecule has 1 heterocycles. The van der Waals surface area contributed by atoms with Crippen molar-refractivity contribution in [3.8, 4) is 0 Å². The molecule has 4 heteroatoms. The second-order valence-corrected chi connectivity index (χ2v) is 4.60. The Morgan fingerprint density at radius 3 is 2.82 bits per heavy atom. The van der Waals surface area contributed by atoms with Crippen LogP contribution in [0.25, 0.3) is 5.57 Å². The number of amides is 1. The van der Waals surface area contributed by atoms with Crippen LogP contribution in [-0.4, -0.2) is 29.2 Å². The number of carboxylic acid groups (broad SMARTS) is 1. The number of hydrogen-bond acceptors (Lipinski definition) is 1. The van der Waals surface area contributed by atoms with Crippen LogP contribution < -0.4 is 0 Å². The standard InChI is InChI=1S/C13H14ClNO2/c1-9-2-3-11(14)8-12(9)10-4-6-15(7-5-10)13(16)17/h2-4,8H,5-7H2,1H3,(H,16,17). The summed E-state index contributed by atoms with van der Waals surface area (Å²) in [6.07, 6.45) is 1.85. The smallest absolute Gasteiger partial charge is 0.407 e. The lowest BCUT2D eigenvalue weighted by atomic mass is 9.96. The summed E-state index contributed by atoms with van der Waals surface area (Å²) in [7, 11) is 0. The Morgan fingerprint density at radius 2 is 2.24 bits per heavy atom. The van der Waals surface area contributed by atoms with Crippen molar-refractivity contribution < 1.29 is 9.90 Å². The second kappa shape index (κ2) is 4.80. The van der Waals surface area contributed by atoms with Gasteiger partial charge in [-0.15, -0.1) is 0 Å². The van der Waals surface area contributed by atoms with Crippen LogP contribution in [0.5, 0.6) is 0 Å². The monoisotopic (exact) mass is 251 g/mol. The first-order valence-electron chi connectivity index (χ1n) is 5.51. The first kappa shape index (κ1) is 12.0. The van der Waals surface area contributed by atoms with Gasteiger partial charge >= 0.3 is 6.09 Å². The minimum Gasteiger partial charge on any atom is -0.465 e. The zero-order valence-electron chi connectivity index (χ0n) is 9.61. The molecule has 1 N–H and O–H groups in total. The van der Waals surface area contributed by atoms with E-state index in [-0.39, 0.29) is 0 Å². The third-order valence-electron chi connectivity index (χ3n) is 3.03.